The lowest BCUT2D eigenvalue weighted by molar-refractivity contribution is 0.0595. The number of carbonyl (C=O) groups excluding carboxylic acids is 1. The molecule has 3 aromatic rings. The van der Waals surface area contributed by atoms with E-state index in [4.69, 9.17) is 4.74 Å². The molecule has 0 radical (unpaired) electrons. The number of fused-ring (bicyclic) bond motifs is 1. The molecule has 0 aliphatic carbocycles. The Hall–Kier alpha value is -2.49. The molecule has 2 saturated heterocycles. The normalized spacial score (nSPS) is 18.3. The van der Waals surface area contributed by atoms with Gasteiger partial charge in [-0.05, 0) is 49.2 Å². The molecule has 0 unspecified atom stereocenters. The Morgan fingerprint density at radius 2 is 1.66 bits per heavy atom. The second kappa shape index (κ2) is 8.80. The van der Waals surface area contributed by atoms with E-state index in [9.17, 15) is 13.2 Å². The Bertz CT molecular complexity index is 1180. The summed E-state index contributed by atoms with van der Waals surface area (Å²) in [6.45, 7) is 2.33. The number of nitrogens with zero attached hydrogens (tertiary/aromatic N) is 3. The summed E-state index contributed by atoms with van der Waals surface area (Å²) in [6.07, 6.45) is 3.31. The maximum absolute atomic E-state index is 12.9. The van der Waals surface area contributed by atoms with Crippen molar-refractivity contribution in [1.29, 1.82) is 0 Å². The first-order valence-corrected chi connectivity index (χ1v) is 13.2. The Balaban J connectivity index is 1.19. The lowest BCUT2D eigenvalue weighted by Gasteiger charge is -2.31. The predicted octanol–water partition coefficient (Wildman–Crippen LogP) is 3.76. The Kier molecular flexibility index (Phi) is 5.88. The number of piperidine rings is 1. The number of amides is 1. The second-order valence-electron chi connectivity index (χ2n) is 8.19. The number of ether oxygens (including phenoxy) is 1. The van der Waals surface area contributed by atoms with E-state index in [2.05, 4.69) is 4.98 Å². The van der Waals surface area contributed by atoms with Gasteiger partial charge in [-0.15, -0.1) is 0 Å². The van der Waals surface area contributed by atoms with E-state index in [0.717, 1.165) is 35.9 Å². The highest BCUT2D eigenvalue weighted by Gasteiger charge is 2.28. The third-order valence-corrected chi connectivity index (χ3v) is 8.92. The van der Waals surface area contributed by atoms with E-state index < -0.39 is 10.0 Å². The number of rotatable bonds is 5. The van der Waals surface area contributed by atoms with Gasteiger partial charge in [0.2, 0.25) is 10.0 Å². The van der Waals surface area contributed by atoms with E-state index in [1.54, 1.807) is 35.6 Å². The van der Waals surface area contributed by atoms with Crippen LogP contribution in [0, 0.1) is 0 Å². The zero-order valence-corrected chi connectivity index (χ0v) is 19.3. The van der Waals surface area contributed by atoms with E-state index in [-0.39, 0.29) is 16.9 Å². The monoisotopic (exact) mass is 471 g/mol. The Morgan fingerprint density at radius 1 is 0.969 bits per heavy atom. The quantitative estimate of drug-likeness (QED) is 0.566. The highest BCUT2D eigenvalue weighted by atomic mass is 32.2. The first kappa shape index (κ1) is 21.4. The molecule has 168 valence electrons. The molecule has 2 fully saturated rings. The molecule has 5 rings (SSSR count). The maximum atomic E-state index is 12.9. The minimum absolute atomic E-state index is 0.0348. The van der Waals surface area contributed by atoms with Crippen LogP contribution in [0.4, 0.5) is 0 Å². The molecule has 3 heterocycles. The molecular weight excluding hydrogens is 446 g/mol. The fourth-order valence-electron chi connectivity index (χ4n) is 4.25. The number of thiazole rings is 1. The average Bonchev–Trinajstić information content (AvgIpc) is 3.49. The standard InChI is InChI=1S/C23H25N3O4S2/c27-22(17-7-9-19(10-8-17)32(28,29)26-13-3-4-14-26)25-15-11-18(12-16-25)30-23-24-20-5-1-2-6-21(20)31-23/h1-2,5-10,18H,3-4,11-16H2. The van der Waals surface area contributed by atoms with Crippen molar-refractivity contribution in [3.63, 3.8) is 0 Å². The van der Waals surface area contributed by atoms with Crippen molar-refractivity contribution in [1.82, 2.24) is 14.2 Å². The molecule has 2 aliphatic heterocycles. The van der Waals surface area contributed by atoms with Crippen molar-refractivity contribution >= 4 is 37.5 Å². The molecular formula is C23H25N3O4S2. The topological polar surface area (TPSA) is 79.8 Å². The molecule has 1 aromatic heterocycles. The largest absolute Gasteiger partial charge is 0.467 e. The molecule has 0 bridgehead atoms. The van der Waals surface area contributed by atoms with Gasteiger partial charge in [-0.3, -0.25) is 4.79 Å². The van der Waals surface area contributed by atoms with Crippen molar-refractivity contribution < 1.29 is 17.9 Å². The smallest absolute Gasteiger partial charge is 0.274 e. The van der Waals surface area contributed by atoms with Crippen LogP contribution in [0.1, 0.15) is 36.0 Å². The van der Waals surface area contributed by atoms with Gasteiger partial charge >= 0.3 is 0 Å². The van der Waals surface area contributed by atoms with Crippen molar-refractivity contribution in [2.24, 2.45) is 0 Å². The molecule has 9 heteroatoms. The van der Waals surface area contributed by atoms with Crippen molar-refractivity contribution in [2.45, 2.75) is 36.7 Å². The molecule has 0 spiro atoms. The summed E-state index contributed by atoms with van der Waals surface area (Å²) >= 11 is 1.54. The fourth-order valence-corrected chi connectivity index (χ4v) is 6.65. The number of carbonyl (C=O) groups is 1. The number of likely N-dealkylation sites (tertiary alicyclic amines) is 1. The van der Waals surface area contributed by atoms with E-state index in [1.165, 1.54) is 4.31 Å². The van der Waals surface area contributed by atoms with Gasteiger partial charge in [-0.25, -0.2) is 13.4 Å². The number of para-hydroxylation sites is 1. The van der Waals surface area contributed by atoms with Gasteiger partial charge in [-0.1, -0.05) is 23.5 Å². The van der Waals surface area contributed by atoms with Crippen molar-refractivity contribution in [2.75, 3.05) is 26.2 Å². The predicted molar refractivity (Wildman–Crippen MR) is 124 cm³/mol. The number of aromatic nitrogens is 1. The van der Waals surface area contributed by atoms with Crippen LogP contribution in [0.25, 0.3) is 10.2 Å². The van der Waals surface area contributed by atoms with Crippen LogP contribution < -0.4 is 4.74 Å². The highest BCUT2D eigenvalue weighted by molar-refractivity contribution is 7.89. The van der Waals surface area contributed by atoms with Gasteiger partial charge in [0.05, 0.1) is 15.1 Å². The van der Waals surface area contributed by atoms with Crippen LogP contribution in [0.5, 0.6) is 5.19 Å². The SMILES string of the molecule is O=C(c1ccc(S(=O)(=O)N2CCCC2)cc1)N1CCC(Oc2nc3ccccc3s2)CC1. The molecule has 0 saturated carbocycles. The van der Waals surface area contributed by atoms with Gasteiger partial charge in [0.15, 0.2) is 0 Å². The van der Waals surface area contributed by atoms with Crippen LogP contribution in [0.2, 0.25) is 0 Å². The van der Waals surface area contributed by atoms with Crippen molar-refractivity contribution in [3.05, 3.63) is 54.1 Å². The third-order valence-electron chi connectivity index (χ3n) is 6.08. The summed E-state index contributed by atoms with van der Waals surface area (Å²) in [5.74, 6) is -0.0754. The zero-order valence-electron chi connectivity index (χ0n) is 17.6. The Morgan fingerprint density at radius 3 is 2.34 bits per heavy atom. The van der Waals surface area contributed by atoms with Crippen LogP contribution >= 0.6 is 11.3 Å². The molecule has 2 aromatic carbocycles. The van der Waals surface area contributed by atoms with Crippen LogP contribution in [-0.2, 0) is 10.0 Å². The van der Waals surface area contributed by atoms with E-state index in [0.29, 0.717) is 36.9 Å². The third kappa shape index (κ3) is 4.24. The highest BCUT2D eigenvalue weighted by Crippen LogP contribution is 2.30. The summed E-state index contributed by atoms with van der Waals surface area (Å²) in [5.41, 5.74) is 1.45. The minimum atomic E-state index is -3.47. The zero-order chi connectivity index (χ0) is 22.1. The summed E-state index contributed by atoms with van der Waals surface area (Å²) < 4.78 is 34.0. The molecule has 7 nitrogen and oxygen atoms in total. The fraction of sp³-hybridized carbons (Fsp3) is 0.391. The number of hydrogen-bond acceptors (Lipinski definition) is 6. The van der Waals surface area contributed by atoms with Crippen LogP contribution in [-0.4, -0.2) is 60.8 Å². The van der Waals surface area contributed by atoms with Crippen LogP contribution in [0.15, 0.2) is 53.4 Å². The van der Waals surface area contributed by atoms with E-state index in [1.807, 2.05) is 29.2 Å². The van der Waals surface area contributed by atoms with Gasteiger partial charge in [-0.2, -0.15) is 4.31 Å². The average molecular weight is 472 g/mol. The molecule has 1 amide bonds. The Labute approximate surface area is 191 Å². The van der Waals surface area contributed by atoms with Crippen LogP contribution in [0.3, 0.4) is 0 Å². The number of hydrogen-bond donors (Lipinski definition) is 0. The second-order valence-corrected chi connectivity index (χ2v) is 11.1. The van der Waals surface area contributed by atoms with Crippen molar-refractivity contribution in [3.8, 4) is 5.19 Å². The maximum Gasteiger partial charge on any atom is 0.274 e. The molecule has 32 heavy (non-hydrogen) atoms. The van der Waals surface area contributed by atoms with Gasteiger partial charge in [0, 0.05) is 44.6 Å². The molecule has 0 atom stereocenters. The minimum Gasteiger partial charge on any atom is -0.467 e. The first-order valence-electron chi connectivity index (χ1n) is 10.9. The summed E-state index contributed by atoms with van der Waals surface area (Å²) in [4.78, 5) is 19.5. The van der Waals surface area contributed by atoms with E-state index >= 15 is 0 Å². The lowest BCUT2D eigenvalue weighted by Crippen LogP contribution is -2.41. The lowest BCUT2D eigenvalue weighted by atomic mass is 10.1. The summed E-state index contributed by atoms with van der Waals surface area (Å²) in [6, 6.07) is 14.3. The van der Waals surface area contributed by atoms with Gasteiger partial charge in [0.25, 0.3) is 11.1 Å². The first-order chi connectivity index (χ1) is 15.5. The molecule has 0 N–H and O–H groups in total. The molecule has 2 aliphatic rings. The number of sulfonamides is 1. The van der Waals surface area contributed by atoms with Gasteiger partial charge < -0.3 is 9.64 Å². The number of benzene rings is 2. The summed E-state index contributed by atoms with van der Waals surface area (Å²) in [5, 5.41) is 0.672. The van der Waals surface area contributed by atoms with Gasteiger partial charge in [0.1, 0.15) is 6.10 Å². The summed E-state index contributed by atoms with van der Waals surface area (Å²) in [7, 11) is -3.47.